The first kappa shape index (κ1) is 13.1. The molecule has 90 valence electrons. The molecule has 0 fully saturated rings. The fourth-order valence-corrected chi connectivity index (χ4v) is 2.18. The Balaban J connectivity index is 2.85. The Hall–Kier alpha value is -0.920. The van der Waals surface area contributed by atoms with E-state index in [4.69, 9.17) is 0 Å². The summed E-state index contributed by atoms with van der Waals surface area (Å²) >= 11 is 0. The van der Waals surface area contributed by atoms with Gasteiger partial charge < -0.3 is 0 Å². The molecule has 0 saturated carbocycles. The lowest BCUT2D eigenvalue weighted by Gasteiger charge is -2.25. The number of benzene rings is 1. The van der Waals surface area contributed by atoms with E-state index >= 15 is 0 Å². The number of hydrogen-bond donors (Lipinski definition) is 0. The lowest BCUT2D eigenvalue weighted by molar-refractivity contribution is 0.283. The second-order valence-electron chi connectivity index (χ2n) is 5.09. The Morgan fingerprint density at radius 2 is 1.56 bits per heavy atom. The van der Waals surface area contributed by atoms with Crippen LogP contribution in [0.4, 0.5) is 8.78 Å². The van der Waals surface area contributed by atoms with Gasteiger partial charge in [-0.1, -0.05) is 33.8 Å². The summed E-state index contributed by atoms with van der Waals surface area (Å²) in [7, 11) is 0. The average molecular weight is 226 g/mol. The van der Waals surface area contributed by atoms with Crippen LogP contribution in [-0.2, 0) is 6.42 Å². The molecule has 1 rings (SSSR count). The van der Waals surface area contributed by atoms with Crippen LogP contribution in [0.15, 0.2) is 18.2 Å². The molecule has 0 atom stereocenters. The van der Waals surface area contributed by atoms with E-state index in [1.54, 1.807) is 6.07 Å². The van der Waals surface area contributed by atoms with E-state index in [2.05, 4.69) is 27.7 Å². The van der Waals surface area contributed by atoms with Gasteiger partial charge in [-0.15, -0.1) is 0 Å². The Kier molecular flexibility index (Phi) is 4.45. The van der Waals surface area contributed by atoms with Gasteiger partial charge in [0.1, 0.15) is 11.6 Å². The van der Waals surface area contributed by atoms with Crippen molar-refractivity contribution in [2.75, 3.05) is 0 Å². The first-order valence-corrected chi connectivity index (χ1v) is 5.85. The summed E-state index contributed by atoms with van der Waals surface area (Å²) in [5, 5.41) is 0. The molecular formula is C14H20F2. The second-order valence-corrected chi connectivity index (χ2v) is 5.09. The van der Waals surface area contributed by atoms with Crippen molar-refractivity contribution >= 4 is 0 Å². The zero-order valence-corrected chi connectivity index (χ0v) is 10.4. The highest BCUT2D eigenvalue weighted by atomic mass is 19.1. The minimum Gasteiger partial charge on any atom is -0.207 e. The van der Waals surface area contributed by atoms with E-state index < -0.39 is 11.6 Å². The van der Waals surface area contributed by atoms with Gasteiger partial charge in [-0.3, -0.25) is 0 Å². The lowest BCUT2D eigenvalue weighted by Crippen LogP contribution is -2.19. The Bertz CT molecular complexity index is 335. The maximum Gasteiger partial charge on any atom is 0.129 e. The fraction of sp³-hybridized carbons (Fsp3) is 0.571. The molecule has 1 aromatic rings. The van der Waals surface area contributed by atoms with Gasteiger partial charge in [0, 0.05) is 6.07 Å². The van der Waals surface area contributed by atoms with Crippen LogP contribution in [0.2, 0.25) is 0 Å². The number of halogens is 2. The molecular weight excluding hydrogens is 206 g/mol. The molecule has 0 amide bonds. The van der Waals surface area contributed by atoms with Crippen LogP contribution in [0, 0.1) is 29.4 Å². The first-order chi connectivity index (χ1) is 7.41. The van der Waals surface area contributed by atoms with Gasteiger partial charge in [0.25, 0.3) is 0 Å². The summed E-state index contributed by atoms with van der Waals surface area (Å²) in [6, 6.07) is 3.85. The molecule has 0 spiro atoms. The molecule has 0 radical (unpaired) electrons. The van der Waals surface area contributed by atoms with Crippen LogP contribution >= 0.6 is 0 Å². The number of rotatable bonds is 4. The molecule has 0 aliphatic rings. The molecule has 0 bridgehead atoms. The Morgan fingerprint density at radius 3 is 2.00 bits per heavy atom. The SMILES string of the molecule is CC(C)C(Cc1ccc(F)cc1F)C(C)C. The minimum atomic E-state index is -0.508. The van der Waals surface area contributed by atoms with Crippen molar-refractivity contribution in [2.45, 2.75) is 34.1 Å². The summed E-state index contributed by atoms with van der Waals surface area (Å²) < 4.78 is 26.3. The first-order valence-electron chi connectivity index (χ1n) is 5.85. The van der Waals surface area contributed by atoms with Crippen molar-refractivity contribution in [3.05, 3.63) is 35.4 Å². The van der Waals surface area contributed by atoms with E-state index in [1.165, 1.54) is 6.07 Å². The highest BCUT2D eigenvalue weighted by Crippen LogP contribution is 2.26. The molecule has 0 N–H and O–H groups in total. The third kappa shape index (κ3) is 3.29. The fourth-order valence-electron chi connectivity index (χ4n) is 2.18. The van der Waals surface area contributed by atoms with Gasteiger partial charge in [-0.05, 0) is 35.8 Å². The van der Waals surface area contributed by atoms with Crippen molar-refractivity contribution in [3.8, 4) is 0 Å². The maximum absolute atomic E-state index is 13.5. The van der Waals surface area contributed by atoms with Gasteiger partial charge in [-0.2, -0.15) is 0 Å². The van der Waals surface area contributed by atoms with Crippen molar-refractivity contribution in [1.82, 2.24) is 0 Å². The molecule has 0 heterocycles. The third-order valence-corrected chi connectivity index (χ3v) is 3.18. The molecule has 16 heavy (non-hydrogen) atoms. The Morgan fingerprint density at radius 1 is 1.00 bits per heavy atom. The topological polar surface area (TPSA) is 0 Å². The highest BCUT2D eigenvalue weighted by molar-refractivity contribution is 5.19. The van der Waals surface area contributed by atoms with Crippen LogP contribution in [0.5, 0.6) is 0 Å². The largest absolute Gasteiger partial charge is 0.207 e. The quantitative estimate of drug-likeness (QED) is 0.712. The van der Waals surface area contributed by atoms with Crippen molar-refractivity contribution in [1.29, 1.82) is 0 Å². The van der Waals surface area contributed by atoms with Gasteiger partial charge in [0.15, 0.2) is 0 Å². The monoisotopic (exact) mass is 226 g/mol. The summed E-state index contributed by atoms with van der Waals surface area (Å²) in [5.74, 6) is 0.507. The van der Waals surface area contributed by atoms with E-state index in [9.17, 15) is 8.78 Å². The van der Waals surface area contributed by atoms with E-state index in [-0.39, 0.29) is 0 Å². The van der Waals surface area contributed by atoms with E-state index in [0.29, 0.717) is 29.7 Å². The predicted octanol–water partition coefficient (Wildman–Crippen LogP) is 4.44. The summed E-state index contributed by atoms with van der Waals surface area (Å²) in [6.45, 7) is 8.58. The van der Waals surface area contributed by atoms with Crippen molar-refractivity contribution in [3.63, 3.8) is 0 Å². The normalized spacial score (nSPS) is 11.8. The second kappa shape index (κ2) is 5.42. The van der Waals surface area contributed by atoms with Gasteiger partial charge in [0.05, 0.1) is 0 Å². The molecule has 0 aliphatic heterocycles. The summed E-state index contributed by atoms with van der Waals surface area (Å²) in [4.78, 5) is 0. The minimum absolute atomic E-state index is 0.425. The van der Waals surface area contributed by atoms with Gasteiger partial charge in [0.2, 0.25) is 0 Å². The van der Waals surface area contributed by atoms with Crippen molar-refractivity contribution < 1.29 is 8.78 Å². The van der Waals surface area contributed by atoms with Gasteiger partial charge >= 0.3 is 0 Å². The van der Waals surface area contributed by atoms with Crippen LogP contribution in [0.3, 0.4) is 0 Å². The third-order valence-electron chi connectivity index (χ3n) is 3.18. The molecule has 0 nitrogen and oxygen atoms in total. The van der Waals surface area contributed by atoms with Crippen LogP contribution in [0.1, 0.15) is 33.3 Å². The lowest BCUT2D eigenvalue weighted by atomic mass is 9.81. The number of hydrogen-bond acceptors (Lipinski definition) is 0. The van der Waals surface area contributed by atoms with E-state index in [1.807, 2.05) is 0 Å². The van der Waals surface area contributed by atoms with Crippen molar-refractivity contribution in [2.24, 2.45) is 17.8 Å². The van der Waals surface area contributed by atoms with Crippen LogP contribution < -0.4 is 0 Å². The smallest absolute Gasteiger partial charge is 0.129 e. The summed E-state index contributed by atoms with van der Waals surface area (Å²) in [6.07, 6.45) is 0.682. The molecule has 0 saturated heterocycles. The molecule has 0 unspecified atom stereocenters. The van der Waals surface area contributed by atoms with Crippen LogP contribution in [-0.4, -0.2) is 0 Å². The molecule has 0 aromatic heterocycles. The standard InChI is InChI=1S/C14H20F2/c1-9(2)13(10(3)4)7-11-5-6-12(15)8-14(11)16/h5-6,8-10,13H,7H2,1-4H3. The highest BCUT2D eigenvalue weighted by Gasteiger charge is 2.19. The van der Waals surface area contributed by atoms with Crippen LogP contribution in [0.25, 0.3) is 0 Å². The molecule has 2 heteroatoms. The maximum atomic E-state index is 13.5. The van der Waals surface area contributed by atoms with Gasteiger partial charge in [-0.25, -0.2) is 8.78 Å². The molecule has 0 aliphatic carbocycles. The molecule has 1 aromatic carbocycles. The predicted molar refractivity (Wildman–Crippen MR) is 63.2 cm³/mol. The van der Waals surface area contributed by atoms with E-state index in [0.717, 1.165) is 6.07 Å². The zero-order valence-electron chi connectivity index (χ0n) is 10.4. The average Bonchev–Trinajstić information content (AvgIpc) is 2.15. The summed E-state index contributed by atoms with van der Waals surface area (Å²) in [5.41, 5.74) is 0.619. The Labute approximate surface area is 96.7 Å². The zero-order chi connectivity index (χ0) is 12.3.